The van der Waals surface area contributed by atoms with Gasteiger partial charge in [-0.15, -0.1) is 0 Å². The van der Waals surface area contributed by atoms with E-state index in [1.54, 1.807) is 36.4 Å². The van der Waals surface area contributed by atoms with E-state index in [0.717, 1.165) is 17.5 Å². The summed E-state index contributed by atoms with van der Waals surface area (Å²) in [7, 11) is 0. The summed E-state index contributed by atoms with van der Waals surface area (Å²) in [5.41, 5.74) is 1.41. The van der Waals surface area contributed by atoms with Gasteiger partial charge in [-0.2, -0.15) is 18.4 Å². The summed E-state index contributed by atoms with van der Waals surface area (Å²) in [5, 5.41) is 23.6. The molecule has 0 aliphatic rings. The highest BCUT2D eigenvalue weighted by atomic mass is 19.4. The van der Waals surface area contributed by atoms with Gasteiger partial charge in [-0.1, -0.05) is 18.2 Å². The first-order valence-electron chi connectivity index (χ1n) is 11.8. The summed E-state index contributed by atoms with van der Waals surface area (Å²) >= 11 is 0. The lowest BCUT2D eigenvalue weighted by atomic mass is 10.1. The van der Waals surface area contributed by atoms with Crippen LogP contribution in [0.15, 0.2) is 84.4 Å². The number of alkyl halides is 3. The number of nitriles is 1. The number of para-hydroxylation sites is 1. The maximum Gasteiger partial charge on any atom is 0.416 e. The normalized spacial score (nSPS) is 11.6. The fourth-order valence-corrected chi connectivity index (χ4v) is 4.07. The number of anilines is 1. The molecule has 0 aliphatic heterocycles. The van der Waals surface area contributed by atoms with Crippen LogP contribution in [-0.2, 0) is 11.0 Å². The lowest BCUT2D eigenvalue weighted by molar-refractivity contribution is -0.385. The van der Waals surface area contributed by atoms with Gasteiger partial charge in [-0.05, 0) is 80.1 Å². The smallest absolute Gasteiger partial charge is 0.416 e. The van der Waals surface area contributed by atoms with Crippen molar-refractivity contribution in [3.05, 3.63) is 117 Å². The van der Waals surface area contributed by atoms with Crippen molar-refractivity contribution in [2.45, 2.75) is 20.0 Å². The van der Waals surface area contributed by atoms with E-state index in [1.165, 1.54) is 18.2 Å². The Bertz CT molecular complexity index is 1650. The highest BCUT2D eigenvalue weighted by Gasteiger charge is 2.33. The van der Waals surface area contributed by atoms with Crippen LogP contribution < -0.4 is 10.1 Å². The topological polar surface area (TPSA) is 110 Å². The maximum atomic E-state index is 13.0. The minimum atomic E-state index is -4.73. The Labute approximate surface area is 226 Å². The zero-order chi connectivity index (χ0) is 29.0. The summed E-state index contributed by atoms with van der Waals surface area (Å²) in [6.07, 6.45) is -3.23. The summed E-state index contributed by atoms with van der Waals surface area (Å²) in [4.78, 5) is 23.0. The third-order valence-electron chi connectivity index (χ3n) is 5.97. The second kappa shape index (κ2) is 11.2. The highest BCUT2D eigenvalue weighted by Crippen LogP contribution is 2.38. The minimum absolute atomic E-state index is 0.0778. The molecular formula is C29H21F3N4O4. The summed E-state index contributed by atoms with van der Waals surface area (Å²) in [6.45, 7) is 3.66. The van der Waals surface area contributed by atoms with Crippen LogP contribution in [0.4, 0.5) is 24.5 Å². The van der Waals surface area contributed by atoms with Crippen molar-refractivity contribution in [1.82, 2.24) is 4.57 Å². The Hall–Kier alpha value is -5.37. The molecule has 0 spiro atoms. The van der Waals surface area contributed by atoms with Gasteiger partial charge in [0.25, 0.3) is 5.91 Å². The van der Waals surface area contributed by atoms with Crippen LogP contribution in [0, 0.1) is 35.3 Å². The van der Waals surface area contributed by atoms with Crippen LogP contribution in [0.25, 0.3) is 11.8 Å². The van der Waals surface area contributed by atoms with Gasteiger partial charge in [-0.25, -0.2) is 0 Å². The number of nitro benzene ring substituents is 1. The molecular weight excluding hydrogens is 525 g/mol. The molecule has 8 nitrogen and oxygen atoms in total. The molecule has 40 heavy (non-hydrogen) atoms. The van der Waals surface area contributed by atoms with Crippen molar-refractivity contribution in [3.8, 4) is 23.3 Å². The standard InChI is InChI=1S/C29H21F3N4O4/c1-18-14-20(15-21(17-33)28(37)34-23-6-4-3-5-7-23)19(2)35(18)24-9-11-25(12-10-24)40-27-13-8-22(29(30,31)32)16-26(27)36(38)39/h3-16H,1-2H3,(H,34,37)/b21-15+. The lowest BCUT2D eigenvalue weighted by Gasteiger charge is -2.12. The quantitative estimate of drug-likeness (QED) is 0.113. The van der Waals surface area contributed by atoms with E-state index in [4.69, 9.17) is 4.74 Å². The Kier molecular flexibility index (Phi) is 7.72. The third kappa shape index (κ3) is 6.02. The molecule has 4 aromatic rings. The number of amides is 1. The number of carbonyl (C=O) groups is 1. The van der Waals surface area contributed by atoms with Crippen LogP contribution >= 0.6 is 0 Å². The molecule has 11 heteroatoms. The molecule has 0 saturated heterocycles. The first-order chi connectivity index (χ1) is 19.0. The largest absolute Gasteiger partial charge is 0.450 e. The Balaban J connectivity index is 1.58. The number of carbonyl (C=O) groups excluding carboxylic acids is 1. The average molecular weight is 547 g/mol. The van der Waals surface area contributed by atoms with Gasteiger partial charge in [0.2, 0.25) is 5.75 Å². The molecule has 3 aromatic carbocycles. The average Bonchev–Trinajstić information content (AvgIpc) is 3.20. The number of ether oxygens (including phenoxy) is 1. The molecule has 1 amide bonds. The van der Waals surface area contributed by atoms with Crippen molar-refractivity contribution < 1.29 is 27.6 Å². The van der Waals surface area contributed by atoms with Gasteiger partial charge in [0.05, 0.1) is 10.5 Å². The summed E-state index contributed by atoms with van der Waals surface area (Å²) in [6, 6.07) is 21.0. The van der Waals surface area contributed by atoms with E-state index < -0.39 is 28.3 Å². The van der Waals surface area contributed by atoms with Crippen molar-refractivity contribution >= 4 is 23.4 Å². The van der Waals surface area contributed by atoms with Gasteiger partial charge in [0.15, 0.2) is 0 Å². The molecule has 1 aromatic heterocycles. The van der Waals surface area contributed by atoms with Crippen LogP contribution in [0.3, 0.4) is 0 Å². The van der Waals surface area contributed by atoms with E-state index in [9.17, 15) is 33.3 Å². The Morgan fingerprint density at radius 2 is 1.73 bits per heavy atom. The van der Waals surface area contributed by atoms with Crippen molar-refractivity contribution in [2.75, 3.05) is 5.32 Å². The molecule has 0 aliphatic carbocycles. The molecule has 0 atom stereocenters. The van der Waals surface area contributed by atoms with Gasteiger partial charge < -0.3 is 14.6 Å². The zero-order valence-electron chi connectivity index (χ0n) is 21.2. The SMILES string of the molecule is Cc1cc(/C=C(\C#N)C(=O)Nc2ccccc2)c(C)n1-c1ccc(Oc2ccc(C(F)(F)F)cc2[N+](=O)[O-])cc1. The molecule has 0 fully saturated rings. The Morgan fingerprint density at radius 1 is 1.05 bits per heavy atom. The van der Waals surface area contributed by atoms with Crippen LogP contribution in [-0.4, -0.2) is 15.4 Å². The molecule has 4 rings (SSSR count). The van der Waals surface area contributed by atoms with Crippen LogP contribution in [0.5, 0.6) is 11.5 Å². The van der Waals surface area contributed by atoms with Crippen molar-refractivity contribution in [1.29, 1.82) is 5.26 Å². The first kappa shape index (κ1) is 27.7. The predicted molar refractivity (Wildman–Crippen MR) is 142 cm³/mol. The number of halogens is 3. The number of rotatable bonds is 7. The number of hydrogen-bond donors (Lipinski definition) is 1. The van der Waals surface area contributed by atoms with Gasteiger partial charge in [0, 0.05) is 28.8 Å². The molecule has 1 heterocycles. The number of nitro groups is 1. The van der Waals surface area contributed by atoms with E-state index >= 15 is 0 Å². The number of hydrogen-bond acceptors (Lipinski definition) is 5. The van der Waals surface area contributed by atoms with Gasteiger partial charge in [0.1, 0.15) is 17.4 Å². The maximum absolute atomic E-state index is 13.0. The fourth-order valence-electron chi connectivity index (χ4n) is 4.07. The van der Waals surface area contributed by atoms with E-state index in [1.807, 2.05) is 36.6 Å². The van der Waals surface area contributed by atoms with Crippen LogP contribution in [0.1, 0.15) is 22.5 Å². The number of nitrogens with one attached hydrogen (secondary N) is 1. The predicted octanol–water partition coefficient (Wildman–Crippen LogP) is 7.36. The molecule has 0 bridgehead atoms. The summed E-state index contributed by atoms with van der Waals surface area (Å²) in [5.74, 6) is -0.694. The monoisotopic (exact) mass is 546 g/mol. The Morgan fingerprint density at radius 3 is 2.33 bits per heavy atom. The number of benzene rings is 3. The zero-order valence-corrected chi connectivity index (χ0v) is 21.2. The second-order valence-electron chi connectivity index (χ2n) is 8.69. The minimum Gasteiger partial charge on any atom is -0.450 e. The fraction of sp³-hybridized carbons (Fsp3) is 0.103. The molecule has 0 radical (unpaired) electrons. The number of nitrogens with zero attached hydrogens (tertiary/aromatic N) is 3. The molecule has 0 saturated carbocycles. The van der Waals surface area contributed by atoms with E-state index in [2.05, 4.69) is 5.32 Å². The van der Waals surface area contributed by atoms with Gasteiger partial charge in [-0.3, -0.25) is 14.9 Å². The molecule has 1 N–H and O–H groups in total. The van der Waals surface area contributed by atoms with Gasteiger partial charge >= 0.3 is 11.9 Å². The second-order valence-corrected chi connectivity index (χ2v) is 8.69. The number of aromatic nitrogens is 1. The lowest BCUT2D eigenvalue weighted by Crippen LogP contribution is -2.13. The third-order valence-corrected chi connectivity index (χ3v) is 5.97. The van der Waals surface area contributed by atoms with E-state index in [0.29, 0.717) is 29.1 Å². The summed E-state index contributed by atoms with van der Waals surface area (Å²) < 4.78 is 46.3. The van der Waals surface area contributed by atoms with Crippen LogP contribution in [0.2, 0.25) is 0 Å². The first-order valence-corrected chi connectivity index (χ1v) is 11.8. The van der Waals surface area contributed by atoms with Crippen molar-refractivity contribution in [2.24, 2.45) is 0 Å². The van der Waals surface area contributed by atoms with Crippen molar-refractivity contribution in [3.63, 3.8) is 0 Å². The highest BCUT2D eigenvalue weighted by molar-refractivity contribution is 6.09. The van der Waals surface area contributed by atoms with E-state index in [-0.39, 0.29) is 17.1 Å². The molecule has 0 unspecified atom stereocenters. The molecule has 202 valence electrons. The number of aryl methyl sites for hydroxylation is 1.